The number of amides is 1. The number of nitrogens with zero attached hydrogens (tertiary/aromatic N) is 5. The fourth-order valence-electron chi connectivity index (χ4n) is 3.24. The lowest BCUT2D eigenvalue weighted by Crippen LogP contribution is -2.27. The van der Waals surface area contributed by atoms with Gasteiger partial charge in [-0.25, -0.2) is 5.43 Å². The van der Waals surface area contributed by atoms with Gasteiger partial charge in [0.1, 0.15) is 0 Å². The van der Waals surface area contributed by atoms with E-state index in [-0.39, 0.29) is 5.91 Å². The summed E-state index contributed by atoms with van der Waals surface area (Å²) in [6.45, 7) is 4.37. The van der Waals surface area contributed by atoms with Gasteiger partial charge in [0.05, 0.1) is 23.7 Å². The minimum Gasteiger partial charge on any atom is -0.378 e. The molecule has 0 aliphatic heterocycles. The van der Waals surface area contributed by atoms with E-state index in [0.29, 0.717) is 17.4 Å². The maximum Gasteiger partial charge on any atom is 0.253 e. The van der Waals surface area contributed by atoms with Crippen LogP contribution in [0.15, 0.2) is 83.2 Å². The Morgan fingerprint density at radius 1 is 1.14 bits per heavy atom. The van der Waals surface area contributed by atoms with Crippen LogP contribution >= 0.6 is 34.4 Å². The molecule has 0 aliphatic carbocycles. The summed E-state index contributed by atoms with van der Waals surface area (Å²) in [5.41, 5.74) is 6.37. The molecule has 2 N–H and O–H groups in total. The normalized spacial score (nSPS) is 12.0. The third-order valence-corrected chi connectivity index (χ3v) is 6.76. The number of hydrogen-bond donors (Lipinski definition) is 2. The van der Waals surface area contributed by atoms with Crippen LogP contribution in [0.4, 0.5) is 5.69 Å². The minimum atomic E-state index is -0.443. The standard InChI is InChI=1S/C25H24IN7OS/c1-17-14-19(26)11-12-22(17)28-16-23-30-32-25(33(23)21-9-4-3-5-10-21)35-18(2)24(34)31-29-15-20-8-6-7-13-27-20/h3-15,18,28H,16H2,1-2H3,(H,31,34)/b29-15+. The number of carbonyl (C=O) groups is 1. The average molecular weight is 597 g/mol. The molecule has 35 heavy (non-hydrogen) atoms. The van der Waals surface area contributed by atoms with Gasteiger partial charge in [0.15, 0.2) is 11.0 Å². The summed E-state index contributed by atoms with van der Waals surface area (Å²) in [6.07, 6.45) is 3.18. The summed E-state index contributed by atoms with van der Waals surface area (Å²) in [5.74, 6) is 0.511. The molecule has 10 heteroatoms. The molecule has 2 aromatic carbocycles. The molecule has 1 amide bonds. The molecule has 0 saturated heterocycles. The average Bonchev–Trinajstić information content (AvgIpc) is 3.26. The van der Waals surface area contributed by atoms with Crippen LogP contribution in [-0.4, -0.2) is 37.1 Å². The van der Waals surface area contributed by atoms with E-state index in [1.165, 1.54) is 21.5 Å². The lowest BCUT2D eigenvalue weighted by Gasteiger charge is -2.14. The Bertz CT molecular complexity index is 1310. The van der Waals surface area contributed by atoms with E-state index in [4.69, 9.17) is 0 Å². The van der Waals surface area contributed by atoms with E-state index < -0.39 is 5.25 Å². The van der Waals surface area contributed by atoms with Crippen molar-refractivity contribution in [3.8, 4) is 5.69 Å². The van der Waals surface area contributed by atoms with Gasteiger partial charge in [-0.3, -0.25) is 14.3 Å². The molecule has 0 bridgehead atoms. The Balaban J connectivity index is 1.49. The number of aryl methyl sites for hydroxylation is 1. The number of thioether (sulfide) groups is 1. The molecule has 8 nitrogen and oxygen atoms in total. The third-order valence-electron chi connectivity index (χ3n) is 5.05. The highest BCUT2D eigenvalue weighted by atomic mass is 127. The summed E-state index contributed by atoms with van der Waals surface area (Å²) >= 11 is 3.63. The monoisotopic (exact) mass is 597 g/mol. The molecule has 0 spiro atoms. The van der Waals surface area contributed by atoms with Crippen LogP contribution in [0.3, 0.4) is 0 Å². The Morgan fingerprint density at radius 2 is 1.94 bits per heavy atom. The zero-order valence-corrected chi connectivity index (χ0v) is 22.2. The number of pyridine rings is 1. The minimum absolute atomic E-state index is 0.237. The van der Waals surface area contributed by atoms with Crippen molar-refractivity contribution < 1.29 is 4.79 Å². The summed E-state index contributed by atoms with van der Waals surface area (Å²) in [5, 5.41) is 16.5. The van der Waals surface area contributed by atoms with Gasteiger partial charge >= 0.3 is 0 Å². The Labute approximate surface area is 221 Å². The van der Waals surface area contributed by atoms with Crippen molar-refractivity contribution >= 4 is 52.2 Å². The first-order valence-corrected chi connectivity index (χ1v) is 12.9. The quantitative estimate of drug-likeness (QED) is 0.124. The highest BCUT2D eigenvalue weighted by Gasteiger charge is 2.21. The van der Waals surface area contributed by atoms with Crippen LogP contribution in [-0.2, 0) is 11.3 Å². The van der Waals surface area contributed by atoms with Crippen LogP contribution in [0.5, 0.6) is 0 Å². The molecule has 2 aromatic heterocycles. The maximum atomic E-state index is 12.6. The second kappa shape index (κ2) is 11.9. The number of hydrazone groups is 1. The highest BCUT2D eigenvalue weighted by molar-refractivity contribution is 14.1. The zero-order valence-electron chi connectivity index (χ0n) is 19.2. The first-order chi connectivity index (χ1) is 17.0. The van der Waals surface area contributed by atoms with Gasteiger partial charge in [-0.15, -0.1) is 10.2 Å². The Kier molecular flexibility index (Phi) is 8.48. The van der Waals surface area contributed by atoms with Gasteiger partial charge in [0.2, 0.25) is 0 Å². The third kappa shape index (κ3) is 6.67. The van der Waals surface area contributed by atoms with E-state index in [2.05, 4.69) is 78.7 Å². The number of carbonyl (C=O) groups excluding carboxylic acids is 1. The predicted octanol–water partition coefficient (Wildman–Crippen LogP) is 4.82. The van der Waals surface area contributed by atoms with Crippen molar-refractivity contribution in [2.45, 2.75) is 30.8 Å². The van der Waals surface area contributed by atoms with Crippen LogP contribution in [0.25, 0.3) is 5.69 Å². The molecule has 178 valence electrons. The SMILES string of the molecule is Cc1cc(I)ccc1NCc1nnc(SC(C)C(=O)N/N=C/c2ccccn2)n1-c1ccccc1. The highest BCUT2D eigenvalue weighted by Crippen LogP contribution is 2.26. The summed E-state index contributed by atoms with van der Waals surface area (Å²) in [6, 6.07) is 21.6. The molecule has 1 unspecified atom stereocenters. The van der Waals surface area contributed by atoms with E-state index in [1.807, 2.05) is 60.0 Å². The number of hydrogen-bond acceptors (Lipinski definition) is 7. The lowest BCUT2D eigenvalue weighted by molar-refractivity contribution is -0.120. The molecule has 0 fully saturated rings. The second-order valence-electron chi connectivity index (χ2n) is 7.63. The molecular formula is C25H24IN7OS. The molecule has 1 atom stereocenters. The molecule has 0 radical (unpaired) electrons. The summed E-state index contributed by atoms with van der Waals surface area (Å²) in [4.78, 5) is 16.8. The number of aromatic nitrogens is 4. The molecule has 4 rings (SSSR count). The van der Waals surface area contributed by atoms with Crippen LogP contribution < -0.4 is 10.7 Å². The predicted molar refractivity (Wildman–Crippen MR) is 148 cm³/mol. The van der Waals surface area contributed by atoms with Crippen molar-refractivity contribution in [2.24, 2.45) is 5.10 Å². The number of anilines is 1. The largest absolute Gasteiger partial charge is 0.378 e. The fourth-order valence-corrected chi connectivity index (χ4v) is 4.77. The second-order valence-corrected chi connectivity index (χ2v) is 10.2. The van der Waals surface area contributed by atoms with Crippen molar-refractivity contribution in [1.82, 2.24) is 25.2 Å². The van der Waals surface area contributed by atoms with Gasteiger partial charge in [-0.1, -0.05) is 36.0 Å². The van der Waals surface area contributed by atoms with E-state index in [1.54, 1.807) is 6.20 Å². The molecule has 2 heterocycles. The van der Waals surface area contributed by atoms with E-state index >= 15 is 0 Å². The topological polar surface area (TPSA) is 97.1 Å². The summed E-state index contributed by atoms with van der Waals surface area (Å²) < 4.78 is 3.16. The van der Waals surface area contributed by atoms with Gasteiger partial charge in [0, 0.05) is 21.1 Å². The molecule has 4 aromatic rings. The lowest BCUT2D eigenvalue weighted by atomic mass is 10.2. The maximum absolute atomic E-state index is 12.6. The molecule has 0 aliphatic rings. The number of para-hydroxylation sites is 1. The van der Waals surface area contributed by atoms with Crippen LogP contribution in [0.1, 0.15) is 24.0 Å². The van der Waals surface area contributed by atoms with Crippen molar-refractivity contribution in [3.05, 3.63) is 93.6 Å². The van der Waals surface area contributed by atoms with Gasteiger partial charge in [0.25, 0.3) is 5.91 Å². The fraction of sp³-hybridized carbons (Fsp3) is 0.160. The molecule has 0 saturated carbocycles. The van der Waals surface area contributed by atoms with Gasteiger partial charge in [-0.2, -0.15) is 5.10 Å². The number of benzene rings is 2. The first-order valence-electron chi connectivity index (χ1n) is 10.9. The Morgan fingerprint density at radius 3 is 2.69 bits per heavy atom. The van der Waals surface area contributed by atoms with Crippen molar-refractivity contribution in [1.29, 1.82) is 0 Å². The van der Waals surface area contributed by atoms with Crippen LogP contribution in [0.2, 0.25) is 0 Å². The summed E-state index contributed by atoms with van der Waals surface area (Å²) in [7, 11) is 0. The van der Waals surface area contributed by atoms with Gasteiger partial charge in [-0.05, 0) is 84.5 Å². The number of nitrogens with one attached hydrogen (secondary N) is 2. The Hall–Kier alpha value is -3.25. The number of rotatable bonds is 9. The zero-order chi connectivity index (χ0) is 24.6. The van der Waals surface area contributed by atoms with Crippen molar-refractivity contribution in [2.75, 3.05) is 5.32 Å². The first kappa shape index (κ1) is 24.9. The van der Waals surface area contributed by atoms with Crippen molar-refractivity contribution in [3.63, 3.8) is 0 Å². The van der Waals surface area contributed by atoms with Gasteiger partial charge < -0.3 is 5.32 Å². The van der Waals surface area contributed by atoms with Crippen LogP contribution in [0, 0.1) is 10.5 Å². The molecular weight excluding hydrogens is 573 g/mol. The van der Waals surface area contributed by atoms with E-state index in [9.17, 15) is 4.79 Å². The van der Waals surface area contributed by atoms with E-state index in [0.717, 1.165) is 22.8 Å². The smallest absolute Gasteiger partial charge is 0.253 e. The number of halogens is 1.